The lowest BCUT2D eigenvalue weighted by atomic mass is 9.86. The van der Waals surface area contributed by atoms with Gasteiger partial charge in [-0.05, 0) is 44.6 Å². The van der Waals surface area contributed by atoms with Crippen LogP contribution in [0.1, 0.15) is 41.7 Å². The number of aromatic amines is 1. The van der Waals surface area contributed by atoms with Crippen LogP contribution in [0.25, 0.3) is 0 Å². The number of rotatable bonds is 3. The molecule has 2 N–H and O–H groups in total. The number of amides is 1. The minimum Gasteiger partial charge on any atom is -0.396 e. The molecule has 1 heterocycles. The van der Waals surface area contributed by atoms with Crippen LogP contribution in [-0.4, -0.2) is 40.6 Å². The average Bonchev–Trinajstić information content (AvgIpc) is 2.83. The molecule has 1 aliphatic carbocycles. The fourth-order valence-electron chi connectivity index (χ4n) is 2.75. The van der Waals surface area contributed by atoms with E-state index in [1.165, 1.54) is 0 Å². The Balaban J connectivity index is 1.98. The molecule has 18 heavy (non-hydrogen) atoms. The predicted octanol–water partition coefficient (Wildman–Crippen LogP) is 1.95. The molecule has 1 amide bonds. The van der Waals surface area contributed by atoms with E-state index < -0.39 is 0 Å². The van der Waals surface area contributed by atoms with Crippen LogP contribution in [0, 0.1) is 12.8 Å². The van der Waals surface area contributed by atoms with E-state index in [2.05, 4.69) is 4.98 Å². The summed E-state index contributed by atoms with van der Waals surface area (Å²) in [4.78, 5) is 17.2. The Morgan fingerprint density at radius 1 is 1.44 bits per heavy atom. The van der Waals surface area contributed by atoms with Gasteiger partial charge in [0, 0.05) is 31.6 Å². The number of carbonyl (C=O) groups excluding carboxylic acids is 1. The normalized spacial score (nSPS) is 23.9. The molecule has 4 heteroatoms. The van der Waals surface area contributed by atoms with E-state index in [0.29, 0.717) is 12.0 Å². The molecule has 1 aromatic rings. The molecule has 0 saturated heterocycles. The van der Waals surface area contributed by atoms with Gasteiger partial charge >= 0.3 is 0 Å². The lowest BCUT2D eigenvalue weighted by Gasteiger charge is -2.34. The lowest BCUT2D eigenvalue weighted by Crippen LogP contribution is -2.40. The van der Waals surface area contributed by atoms with Crippen LogP contribution in [0.15, 0.2) is 12.3 Å². The minimum absolute atomic E-state index is 0.0983. The molecule has 1 aliphatic rings. The highest BCUT2D eigenvalue weighted by Gasteiger charge is 2.27. The van der Waals surface area contributed by atoms with Crippen molar-refractivity contribution in [1.29, 1.82) is 0 Å². The highest BCUT2D eigenvalue weighted by molar-refractivity contribution is 5.95. The number of aryl methyl sites for hydroxylation is 1. The van der Waals surface area contributed by atoms with Gasteiger partial charge < -0.3 is 15.0 Å². The molecule has 1 aromatic heterocycles. The van der Waals surface area contributed by atoms with Crippen molar-refractivity contribution in [2.24, 2.45) is 5.92 Å². The van der Waals surface area contributed by atoms with Gasteiger partial charge in [-0.15, -0.1) is 0 Å². The van der Waals surface area contributed by atoms with Gasteiger partial charge in [0.25, 0.3) is 5.91 Å². The number of hydrogen-bond donors (Lipinski definition) is 2. The minimum atomic E-state index is 0.0983. The van der Waals surface area contributed by atoms with Gasteiger partial charge in [0.1, 0.15) is 0 Å². The molecule has 2 rings (SSSR count). The van der Waals surface area contributed by atoms with Gasteiger partial charge in [-0.1, -0.05) is 0 Å². The van der Waals surface area contributed by atoms with Crippen molar-refractivity contribution < 1.29 is 9.90 Å². The topological polar surface area (TPSA) is 56.3 Å². The van der Waals surface area contributed by atoms with Crippen molar-refractivity contribution in [1.82, 2.24) is 9.88 Å². The van der Waals surface area contributed by atoms with Crippen molar-refractivity contribution in [3.05, 3.63) is 23.5 Å². The Bertz CT molecular complexity index is 406. The van der Waals surface area contributed by atoms with Crippen LogP contribution in [0.4, 0.5) is 0 Å². The zero-order chi connectivity index (χ0) is 13.1. The summed E-state index contributed by atoms with van der Waals surface area (Å²) in [5.41, 5.74) is 1.69. The third kappa shape index (κ3) is 2.58. The van der Waals surface area contributed by atoms with Crippen LogP contribution in [-0.2, 0) is 0 Å². The molecule has 0 aromatic carbocycles. The molecule has 0 unspecified atom stereocenters. The van der Waals surface area contributed by atoms with E-state index in [0.717, 1.165) is 36.9 Å². The summed E-state index contributed by atoms with van der Waals surface area (Å²) in [6.07, 6.45) is 5.84. The molecule has 0 radical (unpaired) electrons. The fourth-order valence-corrected chi connectivity index (χ4v) is 2.75. The second kappa shape index (κ2) is 5.57. The summed E-state index contributed by atoms with van der Waals surface area (Å²) >= 11 is 0. The number of nitrogens with zero attached hydrogens (tertiary/aromatic N) is 1. The molecular weight excluding hydrogens is 228 g/mol. The molecule has 0 spiro atoms. The third-order valence-corrected chi connectivity index (χ3v) is 4.13. The largest absolute Gasteiger partial charge is 0.396 e. The number of H-pyrrole nitrogens is 1. The number of carbonyl (C=O) groups is 1. The van der Waals surface area contributed by atoms with E-state index >= 15 is 0 Å². The Morgan fingerprint density at radius 3 is 2.61 bits per heavy atom. The van der Waals surface area contributed by atoms with Crippen molar-refractivity contribution in [2.75, 3.05) is 13.7 Å². The molecule has 1 saturated carbocycles. The predicted molar refractivity (Wildman–Crippen MR) is 70.5 cm³/mol. The van der Waals surface area contributed by atoms with E-state index in [-0.39, 0.29) is 12.5 Å². The van der Waals surface area contributed by atoms with Crippen molar-refractivity contribution in [3.8, 4) is 0 Å². The van der Waals surface area contributed by atoms with Gasteiger partial charge in [-0.25, -0.2) is 0 Å². The van der Waals surface area contributed by atoms with Crippen LogP contribution in [0.2, 0.25) is 0 Å². The van der Waals surface area contributed by atoms with Crippen molar-refractivity contribution in [2.45, 2.75) is 38.6 Å². The third-order valence-electron chi connectivity index (χ3n) is 4.13. The summed E-state index contributed by atoms with van der Waals surface area (Å²) in [6.45, 7) is 2.20. The number of aliphatic hydroxyl groups is 1. The van der Waals surface area contributed by atoms with Gasteiger partial charge in [0.15, 0.2) is 0 Å². The summed E-state index contributed by atoms with van der Waals surface area (Å²) < 4.78 is 0. The average molecular weight is 250 g/mol. The van der Waals surface area contributed by atoms with E-state index in [1.807, 2.05) is 24.9 Å². The lowest BCUT2D eigenvalue weighted by molar-refractivity contribution is 0.0652. The van der Waals surface area contributed by atoms with Gasteiger partial charge in [0.2, 0.25) is 0 Å². The number of aliphatic hydroxyl groups excluding tert-OH is 1. The zero-order valence-electron chi connectivity index (χ0n) is 11.1. The van der Waals surface area contributed by atoms with E-state index in [9.17, 15) is 4.79 Å². The first-order chi connectivity index (χ1) is 8.63. The van der Waals surface area contributed by atoms with E-state index in [4.69, 9.17) is 5.11 Å². The highest BCUT2D eigenvalue weighted by atomic mass is 16.3. The molecule has 0 bridgehead atoms. The molecule has 0 aliphatic heterocycles. The van der Waals surface area contributed by atoms with Crippen LogP contribution in [0.5, 0.6) is 0 Å². The van der Waals surface area contributed by atoms with Gasteiger partial charge in [-0.3, -0.25) is 4.79 Å². The van der Waals surface area contributed by atoms with E-state index in [1.54, 1.807) is 6.20 Å². The Morgan fingerprint density at radius 2 is 2.11 bits per heavy atom. The maximum Gasteiger partial charge on any atom is 0.255 e. The van der Waals surface area contributed by atoms with Gasteiger partial charge in [-0.2, -0.15) is 0 Å². The van der Waals surface area contributed by atoms with Gasteiger partial charge in [0.05, 0.1) is 5.56 Å². The maximum absolute atomic E-state index is 12.3. The maximum atomic E-state index is 12.3. The summed E-state index contributed by atoms with van der Waals surface area (Å²) in [5.74, 6) is 0.528. The standard InChI is InChI=1S/C14H22N2O2/c1-10-13(7-8-15-10)14(18)16(2)12-5-3-11(9-17)4-6-12/h7-8,11-12,15,17H,3-6,9H2,1-2H3. The fraction of sp³-hybridized carbons (Fsp3) is 0.643. The first kappa shape index (κ1) is 13.1. The Labute approximate surface area is 108 Å². The highest BCUT2D eigenvalue weighted by Crippen LogP contribution is 2.27. The smallest absolute Gasteiger partial charge is 0.255 e. The molecule has 1 fully saturated rings. The van der Waals surface area contributed by atoms with Crippen LogP contribution < -0.4 is 0 Å². The first-order valence-corrected chi connectivity index (χ1v) is 6.65. The quantitative estimate of drug-likeness (QED) is 0.861. The first-order valence-electron chi connectivity index (χ1n) is 6.65. The van der Waals surface area contributed by atoms with Crippen molar-refractivity contribution in [3.63, 3.8) is 0 Å². The molecule has 100 valence electrons. The molecule has 4 nitrogen and oxygen atoms in total. The van der Waals surface area contributed by atoms with Crippen LogP contribution in [0.3, 0.4) is 0 Å². The summed E-state index contributed by atoms with van der Waals surface area (Å²) in [5, 5.41) is 9.13. The number of hydrogen-bond acceptors (Lipinski definition) is 2. The number of nitrogens with one attached hydrogen (secondary N) is 1. The SMILES string of the molecule is Cc1[nH]ccc1C(=O)N(C)C1CCC(CO)CC1. The molecular formula is C14H22N2O2. The monoisotopic (exact) mass is 250 g/mol. The Hall–Kier alpha value is -1.29. The Kier molecular flexibility index (Phi) is 4.07. The van der Waals surface area contributed by atoms with Crippen molar-refractivity contribution >= 4 is 5.91 Å². The second-order valence-corrected chi connectivity index (χ2v) is 5.29. The second-order valence-electron chi connectivity index (χ2n) is 5.29. The zero-order valence-corrected chi connectivity index (χ0v) is 11.1. The molecule has 0 atom stereocenters. The summed E-state index contributed by atoms with van der Waals surface area (Å²) in [6, 6.07) is 2.16. The van der Waals surface area contributed by atoms with Crippen LogP contribution >= 0.6 is 0 Å². The number of aromatic nitrogens is 1. The summed E-state index contributed by atoms with van der Waals surface area (Å²) in [7, 11) is 1.89.